The van der Waals surface area contributed by atoms with Crippen LogP contribution in [-0.2, 0) is 13.0 Å². The van der Waals surface area contributed by atoms with Crippen LogP contribution in [0.2, 0.25) is 0 Å². The normalized spacial score (nSPS) is 20.0. The second kappa shape index (κ2) is 7.34. The largest absolute Gasteiger partial charge is 0.478 e. The van der Waals surface area contributed by atoms with E-state index in [1.807, 2.05) is 12.1 Å². The quantitative estimate of drug-likeness (QED) is 0.580. The molecule has 1 fully saturated rings. The first kappa shape index (κ1) is 18.4. The van der Waals surface area contributed by atoms with Crippen LogP contribution in [0.25, 0.3) is 22.2 Å². The lowest BCUT2D eigenvalue weighted by Gasteiger charge is -2.18. The van der Waals surface area contributed by atoms with E-state index in [0.717, 1.165) is 10.9 Å². The van der Waals surface area contributed by atoms with Crippen LogP contribution in [0.4, 0.5) is 0 Å². The minimum absolute atomic E-state index is 0.303. The fraction of sp³-hybridized carbons (Fsp3) is 0.400. The van der Waals surface area contributed by atoms with Gasteiger partial charge in [0.1, 0.15) is 0 Å². The molecule has 0 bridgehead atoms. The van der Waals surface area contributed by atoms with Crippen LogP contribution in [0.5, 0.6) is 0 Å². The number of rotatable bonds is 2. The fourth-order valence-corrected chi connectivity index (χ4v) is 5.43. The standard InChI is InChI=1S/C25H27NO3/c27-19-13-17-9-5-6-10-20(17)24-23(16-7-3-1-2-4-8-16)21-12-11-18(25(28)29)14-22(21)26(24)15-19/h5-6,9-12,14,16,19,27H,1-4,7-8,13,15H2,(H,28,29). The predicted molar refractivity (Wildman–Crippen MR) is 114 cm³/mol. The summed E-state index contributed by atoms with van der Waals surface area (Å²) in [6.07, 6.45) is 7.58. The highest BCUT2D eigenvalue weighted by atomic mass is 16.4. The Hall–Kier alpha value is -2.59. The van der Waals surface area contributed by atoms with Crippen LogP contribution < -0.4 is 0 Å². The molecule has 1 unspecified atom stereocenters. The highest BCUT2D eigenvalue weighted by Crippen LogP contribution is 2.45. The Bertz CT molecular complexity index is 1070. The van der Waals surface area contributed by atoms with Crippen LogP contribution in [0.15, 0.2) is 42.5 Å². The van der Waals surface area contributed by atoms with Crippen molar-refractivity contribution in [2.75, 3.05) is 0 Å². The third kappa shape index (κ3) is 3.16. The number of carbonyl (C=O) groups is 1. The van der Waals surface area contributed by atoms with Gasteiger partial charge in [0.05, 0.1) is 17.4 Å². The third-order valence-corrected chi connectivity index (χ3v) is 6.74. The number of carboxylic acids is 1. The number of nitrogens with zero attached hydrogens (tertiary/aromatic N) is 1. The smallest absolute Gasteiger partial charge is 0.335 e. The average molecular weight is 389 g/mol. The maximum atomic E-state index is 11.6. The van der Waals surface area contributed by atoms with Crippen LogP contribution in [-0.4, -0.2) is 26.9 Å². The molecule has 2 aromatic carbocycles. The van der Waals surface area contributed by atoms with E-state index >= 15 is 0 Å². The number of aromatic carboxylic acids is 1. The van der Waals surface area contributed by atoms with Crippen molar-refractivity contribution in [3.05, 3.63) is 59.2 Å². The maximum Gasteiger partial charge on any atom is 0.335 e. The van der Waals surface area contributed by atoms with Gasteiger partial charge in [0.15, 0.2) is 0 Å². The summed E-state index contributed by atoms with van der Waals surface area (Å²) in [6, 6.07) is 13.9. The molecule has 2 aliphatic rings. The summed E-state index contributed by atoms with van der Waals surface area (Å²) in [7, 11) is 0. The van der Waals surface area contributed by atoms with Crippen LogP contribution >= 0.6 is 0 Å². The minimum atomic E-state index is -0.909. The fourth-order valence-electron chi connectivity index (χ4n) is 5.43. The summed E-state index contributed by atoms with van der Waals surface area (Å²) in [4.78, 5) is 11.6. The highest BCUT2D eigenvalue weighted by molar-refractivity contribution is 5.98. The molecule has 1 aromatic heterocycles. The second-order valence-electron chi connectivity index (χ2n) is 8.61. The molecule has 0 spiro atoms. The molecule has 2 heterocycles. The SMILES string of the molecule is O=C(O)c1ccc2c(C3CCCCCC3)c3n(c2c1)CC(O)Cc1ccccc1-3. The molecule has 1 atom stereocenters. The summed E-state index contributed by atoms with van der Waals surface area (Å²) in [5.41, 5.74) is 6.17. The molecule has 2 N–H and O–H groups in total. The minimum Gasteiger partial charge on any atom is -0.478 e. The van der Waals surface area contributed by atoms with E-state index in [-0.39, 0.29) is 0 Å². The van der Waals surface area contributed by atoms with E-state index in [2.05, 4.69) is 22.8 Å². The second-order valence-corrected chi connectivity index (χ2v) is 8.61. The number of aromatic nitrogens is 1. The zero-order chi connectivity index (χ0) is 20.0. The van der Waals surface area contributed by atoms with Gasteiger partial charge in [0.25, 0.3) is 0 Å². The van der Waals surface area contributed by atoms with Crippen molar-refractivity contribution in [2.45, 2.75) is 63.5 Å². The van der Waals surface area contributed by atoms with Crippen molar-refractivity contribution in [1.82, 2.24) is 4.57 Å². The first-order valence-electron chi connectivity index (χ1n) is 10.8. The first-order chi connectivity index (χ1) is 14.1. The lowest BCUT2D eigenvalue weighted by molar-refractivity contribution is 0.0697. The van der Waals surface area contributed by atoms with Gasteiger partial charge in [-0.25, -0.2) is 4.79 Å². The monoisotopic (exact) mass is 389 g/mol. The van der Waals surface area contributed by atoms with Crippen LogP contribution in [0.3, 0.4) is 0 Å². The number of aliphatic hydroxyl groups excluding tert-OH is 1. The lowest BCUT2D eigenvalue weighted by atomic mass is 9.86. The molecule has 1 aliphatic heterocycles. The number of aliphatic hydroxyl groups is 1. The summed E-state index contributed by atoms with van der Waals surface area (Å²) in [5, 5.41) is 21.4. The Balaban J connectivity index is 1.84. The Morgan fingerprint density at radius 2 is 1.76 bits per heavy atom. The number of fused-ring (bicyclic) bond motifs is 5. The van der Waals surface area contributed by atoms with Crippen molar-refractivity contribution < 1.29 is 15.0 Å². The van der Waals surface area contributed by atoms with Gasteiger partial charge < -0.3 is 14.8 Å². The number of hydrogen-bond acceptors (Lipinski definition) is 2. The molecular weight excluding hydrogens is 362 g/mol. The molecule has 0 radical (unpaired) electrons. The lowest BCUT2D eigenvalue weighted by Crippen LogP contribution is -2.16. The van der Waals surface area contributed by atoms with Gasteiger partial charge in [-0.3, -0.25) is 0 Å². The molecule has 150 valence electrons. The Labute approximate surface area is 170 Å². The van der Waals surface area contributed by atoms with Crippen LogP contribution in [0.1, 0.15) is 65.9 Å². The van der Waals surface area contributed by atoms with E-state index in [1.165, 1.54) is 60.9 Å². The summed E-state index contributed by atoms with van der Waals surface area (Å²) < 4.78 is 2.19. The number of benzene rings is 2. The van der Waals surface area contributed by atoms with Gasteiger partial charge >= 0.3 is 5.97 Å². The zero-order valence-electron chi connectivity index (χ0n) is 16.6. The number of carboxylic acid groups (broad SMARTS) is 1. The molecular formula is C25H27NO3. The Kier molecular flexibility index (Phi) is 4.67. The van der Waals surface area contributed by atoms with E-state index in [0.29, 0.717) is 24.4 Å². The maximum absolute atomic E-state index is 11.6. The molecule has 0 amide bonds. The van der Waals surface area contributed by atoms with Crippen molar-refractivity contribution in [3.63, 3.8) is 0 Å². The van der Waals surface area contributed by atoms with Crippen LogP contribution in [0, 0.1) is 0 Å². The average Bonchev–Trinajstić information content (AvgIpc) is 2.89. The third-order valence-electron chi connectivity index (χ3n) is 6.74. The molecule has 3 aromatic rings. The van der Waals surface area contributed by atoms with E-state index in [1.54, 1.807) is 12.1 Å². The Morgan fingerprint density at radius 3 is 2.52 bits per heavy atom. The summed E-state index contributed by atoms with van der Waals surface area (Å²) >= 11 is 0. The van der Waals surface area contributed by atoms with E-state index in [4.69, 9.17) is 0 Å². The highest BCUT2D eigenvalue weighted by Gasteiger charge is 2.30. The van der Waals surface area contributed by atoms with Crippen molar-refractivity contribution >= 4 is 16.9 Å². The molecule has 1 aliphatic carbocycles. The van der Waals surface area contributed by atoms with Crippen molar-refractivity contribution in [1.29, 1.82) is 0 Å². The zero-order valence-corrected chi connectivity index (χ0v) is 16.6. The summed E-state index contributed by atoms with van der Waals surface area (Å²) in [6.45, 7) is 0.496. The molecule has 1 saturated carbocycles. The van der Waals surface area contributed by atoms with E-state index in [9.17, 15) is 15.0 Å². The molecule has 0 saturated heterocycles. The molecule has 29 heavy (non-hydrogen) atoms. The first-order valence-corrected chi connectivity index (χ1v) is 10.8. The predicted octanol–water partition coefficient (Wildman–Crippen LogP) is 5.36. The molecule has 4 nitrogen and oxygen atoms in total. The topological polar surface area (TPSA) is 62.5 Å². The van der Waals surface area contributed by atoms with Gasteiger partial charge in [0.2, 0.25) is 0 Å². The summed E-state index contributed by atoms with van der Waals surface area (Å²) in [5.74, 6) is -0.428. The molecule has 5 rings (SSSR count). The number of hydrogen-bond donors (Lipinski definition) is 2. The van der Waals surface area contributed by atoms with Gasteiger partial charge in [-0.1, -0.05) is 56.0 Å². The van der Waals surface area contributed by atoms with Gasteiger partial charge in [0, 0.05) is 29.4 Å². The Morgan fingerprint density at radius 1 is 1.00 bits per heavy atom. The van der Waals surface area contributed by atoms with Gasteiger partial charge in [-0.2, -0.15) is 0 Å². The van der Waals surface area contributed by atoms with Gasteiger partial charge in [-0.05, 0) is 42.0 Å². The van der Waals surface area contributed by atoms with Gasteiger partial charge in [-0.15, -0.1) is 0 Å². The molecule has 4 heteroatoms. The van der Waals surface area contributed by atoms with Crippen molar-refractivity contribution in [2.24, 2.45) is 0 Å². The van der Waals surface area contributed by atoms with Crippen molar-refractivity contribution in [3.8, 4) is 11.3 Å². The van der Waals surface area contributed by atoms with E-state index < -0.39 is 12.1 Å².